The third-order valence-electron chi connectivity index (χ3n) is 4.06. The second-order valence-corrected chi connectivity index (χ2v) is 6.34. The molecule has 1 atom stereocenters. The molecule has 0 aliphatic carbocycles. The Bertz CT molecular complexity index is 479. The van der Waals surface area contributed by atoms with Crippen molar-refractivity contribution in [3.8, 4) is 0 Å². The first-order valence-corrected chi connectivity index (χ1v) is 8.03. The fraction of sp³-hybridized carbons (Fsp3) is 0.750. The molecule has 2 amide bonds. The van der Waals surface area contributed by atoms with Crippen LogP contribution in [0.1, 0.15) is 37.3 Å². The maximum atomic E-state index is 12.4. The number of amides is 2. The Balaban J connectivity index is 1.85. The van der Waals surface area contributed by atoms with Gasteiger partial charge < -0.3 is 19.5 Å². The Morgan fingerprint density at radius 1 is 1.45 bits per heavy atom. The molecule has 0 aromatic carbocycles. The largest absolute Gasteiger partial charge is 0.377 e. The molecule has 0 bridgehead atoms. The van der Waals surface area contributed by atoms with Crippen molar-refractivity contribution in [3.05, 3.63) is 17.0 Å². The molecule has 1 aliphatic rings. The van der Waals surface area contributed by atoms with Gasteiger partial charge in [0.1, 0.15) is 5.76 Å². The van der Waals surface area contributed by atoms with E-state index in [0.29, 0.717) is 32.2 Å². The predicted octanol–water partition coefficient (Wildman–Crippen LogP) is 2.29. The molecule has 1 aromatic rings. The van der Waals surface area contributed by atoms with Crippen LogP contribution in [0.25, 0.3) is 0 Å². The number of hydrogen-bond donors (Lipinski definition) is 1. The number of morpholine rings is 1. The number of hydrogen-bond acceptors (Lipinski definition) is 4. The monoisotopic (exact) mass is 309 g/mol. The standard InChI is InChI=1S/C16H27N3O3/c1-11(2)9-14-10-21-8-7-19(14)16(20)17-6-5-15-12(3)18-22-13(15)4/h11,14H,5-10H2,1-4H3,(H,17,20). The fourth-order valence-electron chi connectivity index (χ4n) is 2.92. The van der Waals surface area contributed by atoms with E-state index in [-0.39, 0.29) is 12.1 Å². The van der Waals surface area contributed by atoms with Crippen LogP contribution in [0.15, 0.2) is 4.52 Å². The lowest BCUT2D eigenvalue weighted by Gasteiger charge is -2.36. The zero-order valence-electron chi connectivity index (χ0n) is 14.0. The second kappa shape index (κ2) is 7.63. The smallest absolute Gasteiger partial charge is 0.317 e. The molecule has 1 fully saturated rings. The normalized spacial score (nSPS) is 18.8. The number of rotatable bonds is 5. The summed E-state index contributed by atoms with van der Waals surface area (Å²) in [5, 5.41) is 6.94. The van der Waals surface area contributed by atoms with Crippen LogP contribution in [0, 0.1) is 19.8 Å². The summed E-state index contributed by atoms with van der Waals surface area (Å²) in [5.41, 5.74) is 1.98. The van der Waals surface area contributed by atoms with Gasteiger partial charge in [0.05, 0.1) is 24.9 Å². The number of carbonyl (C=O) groups excluding carboxylic acids is 1. The molecule has 0 saturated carbocycles. The minimum atomic E-state index is 0.000658. The number of ether oxygens (including phenoxy) is 1. The highest BCUT2D eigenvalue weighted by atomic mass is 16.5. The van der Waals surface area contributed by atoms with Crippen molar-refractivity contribution in [2.45, 2.75) is 46.6 Å². The lowest BCUT2D eigenvalue weighted by Crippen LogP contribution is -2.53. The van der Waals surface area contributed by atoms with Gasteiger partial charge in [-0.1, -0.05) is 19.0 Å². The van der Waals surface area contributed by atoms with Gasteiger partial charge in [-0.15, -0.1) is 0 Å². The van der Waals surface area contributed by atoms with E-state index in [0.717, 1.165) is 29.9 Å². The third kappa shape index (κ3) is 4.22. The van der Waals surface area contributed by atoms with Crippen molar-refractivity contribution in [2.24, 2.45) is 5.92 Å². The number of urea groups is 1. The van der Waals surface area contributed by atoms with Crippen LogP contribution >= 0.6 is 0 Å². The summed E-state index contributed by atoms with van der Waals surface area (Å²) < 4.78 is 10.7. The number of carbonyl (C=O) groups is 1. The molecular weight excluding hydrogens is 282 g/mol. The van der Waals surface area contributed by atoms with Crippen molar-refractivity contribution < 1.29 is 14.1 Å². The topological polar surface area (TPSA) is 67.6 Å². The van der Waals surface area contributed by atoms with Crippen LogP contribution in [0.4, 0.5) is 4.79 Å². The van der Waals surface area contributed by atoms with Gasteiger partial charge in [-0.3, -0.25) is 0 Å². The Morgan fingerprint density at radius 2 is 2.23 bits per heavy atom. The molecule has 2 heterocycles. The van der Waals surface area contributed by atoms with Gasteiger partial charge in [-0.25, -0.2) is 4.79 Å². The lowest BCUT2D eigenvalue weighted by molar-refractivity contribution is 0.00564. The van der Waals surface area contributed by atoms with Crippen LogP contribution in [0.3, 0.4) is 0 Å². The zero-order valence-corrected chi connectivity index (χ0v) is 14.0. The summed E-state index contributed by atoms with van der Waals surface area (Å²) in [5.74, 6) is 1.38. The number of nitrogens with one attached hydrogen (secondary N) is 1. The quantitative estimate of drug-likeness (QED) is 0.906. The molecule has 1 aliphatic heterocycles. The van der Waals surface area contributed by atoms with E-state index in [1.807, 2.05) is 18.7 Å². The van der Waals surface area contributed by atoms with Gasteiger partial charge >= 0.3 is 6.03 Å². The van der Waals surface area contributed by atoms with E-state index >= 15 is 0 Å². The zero-order chi connectivity index (χ0) is 16.1. The highest BCUT2D eigenvalue weighted by Gasteiger charge is 2.27. The van der Waals surface area contributed by atoms with Crippen molar-refractivity contribution in [3.63, 3.8) is 0 Å². The van der Waals surface area contributed by atoms with Gasteiger partial charge in [-0.05, 0) is 32.6 Å². The van der Waals surface area contributed by atoms with Crippen molar-refractivity contribution in [2.75, 3.05) is 26.3 Å². The minimum Gasteiger partial charge on any atom is -0.377 e. The fourth-order valence-corrected chi connectivity index (χ4v) is 2.92. The Morgan fingerprint density at radius 3 is 2.86 bits per heavy atom. The highest BCUT2D eigenvalue weighted by molar-refractivity contribution is 5.74. The molecule has 0 radical (unpaired) electrons. The summed E-state index contributed by atoms with van der Waals surface area (Å²) >= 11 is 0. The van der Waals surface area contributed by atoms with E-state index in [4.69, 9.17) is 9.26 Å². The molecule has 6 nitrogen and oxygen atoms in total. The summed E-state index contributed by atoms with van der Waals surface area (Å²) in [6, 6.07) is 0.175. The average Bonchev–Trinajstić information content (AvgIpc) is 2.79. The van der Waals surface area contributed by atoms with Crippen LogP contribution in [-0.2, 0) is 11.2 Å². The summed E-state index contributed by atoms with van der Waals surface area (Å²) in [6.45, 7) is 10.7. The van der Waals surface area contributed by atoms with Crippen molar-refractivity contribution >= 4 is 6.03 Å². The SMILES string of the molecule is Cc1noc(C)c1CCNC(=O)N1CCOCC1CC(C)C. The first kappa shape index (κ1) is 16.8. The van der Waals surface area contributed by atoms with Crippen molar-refractivity contribution in [1.29, 1.82) is 0 Å². The van der Waals surface area contributed by atoms with Gasteiger partial charge in [0.25, 0.3) is 0 Å². The minimum absolute atomic E-state index is 0.000658. The summed E-state index contributed by atoms with van der Waals surface area (Å²) in [4.78, 5) is 14.3. The molecule has 2 rings (SSSR count). The summed E-state index contributed by atoms with van der Waals surface area (Å²) in [7, 11) is 0. The van der Waals surface area contributed by atoms with Gasteiger partial charge in [0.15, 0.2) is 0 Å². The first-order valence-electron chi connectivity index (χ1n) is 8.03. The molecule has 1 N–H and O–H groups in total. The second-order valence-electron chi connectivity index (χ2n) is 6.34. The lowest BCUT2D eigenvalue weighted by atomic mass is 10.0. The molecule has 1 saturated heterocycles. The number of nitrogens with zero attached hydrogens (tertiary/aromatic N) is 2. The van der Waals surface area contributed by atoms with Crippen LogP contribution in [0.2, 0.25) is 0 Å². The molecule has 1 aromatic heterocycles. The molecule has 6 heteroatoms. The van der Waals surface area contributed by atoms with E-state index < -0.39 is 0 Å². The van der Waals surface area contributed by atoms with Crippen LogP contribution in [0.5, 0.6) is 0 Å². The van der Waals surface area contributed by atoms with Crippen molar-refractivity contribution in [1.82, 2.24) is 15.4 Å². The Labute approximate surface area is 132 Å². The molecular formula is C16H27N3O3. The van der Waals surface area contributed by atoms with Crippen LogP contribution < -0.4 is 5.32 Å². The third-order valence-corrected chi connectivity index (χ3v) is 4.06. The summed E-state index contributed by atoms with van der Waals surface area (Å²) in [6.07, 6.45) is 1.71. The average molecular weight is 309 g/mol. The van der Waals surface area contributed by atoms with E-state index in [1.54, 1.807) is 0 Å². The number of aryl methyl sites for hydroxylation is 2. The molecule has 124 valence electrons. The Hall–Kier alpha value is -1.56. The maximum absolute atomic E-state index is 12.4. The Kier molecular flexibility index (Phi) is 5.83. The predicted molar refractivity (Wildman–Crippen MR) is 83.8 cm³/mol. The van der Waals surface area contributed by atoms with Crippen LogP contribution in [-0.4, -0.2) is 48.4 Å². The number of aromatic nitrogens is 1. The van der Waals surface area contributed by atoms with Gasteiger partial charge in [0.2, 0.25) is 0 Å². The first-order chi connectivity index (χ1) is 10.5. The van der Waals surface area contributed by atoms with E-state index in [1.165, 1.54) is 0 Å². The molecule has 22 heavy (non-hydrogen) atoms. The van der Waals surface area contributed by atoms with E-state index in [9.17, 15) is 4.79 Å². The van der Waals surface area contributed by atoms with Gasteiger partial charge in [-0.2, -0.15) is 0 Å². The van der Waals surface area contributed by atoms with Gasteiger partial charge in [0, 0.05) is 18.7 Å². The molecule has 0 spiro atoms. The van der Waals surface area contributed by atoms with E-state index in [2.05, 4.69) is 24.3 Å². The highest BCUT2D eigenvalue weighted by Crippen LogP contribution is 2.16. The molecule has 1 unspecified atom stereocenters. The maximum Gasteiger partial charge on any atom is 0.317 e.